The Bertz CT molecular complexity index is 1000. The van der Waals surface area contributed by atoms with Crippen LogP contribution in [0.3, 0.4) is 0 Å². The van der Waals surface area contributed by atoms with Crippen molar-refractivity contribution in [1.29, 1.82) is 0 Å². The summed E-state index contributed by atoms with van der Waals surface area (Å²) in [7, 11) is 0. The molecule has 3 aromatic rings. The van der Waals surface area contributed by atoms with Gasteiger partial charge in [0.2, 0.25) is 0 Å². The van der Waals surface area contributed by atoms with Crippen molar-refractivity contribution in [3.8, 4) is 0 Å². The molecule has 0 radical (unpaired) electrons. The highest BCUT2D eigenvalue weighted by molar-refractivity contribution is 7.99. The number of fused-ring (bicyclic) bond motifs is 1. The molecule has 1 N–H and O–H groups in total. The first-order valence-electron chi connectivity index (χ1n) is 9.68. The lowest BCUT2D eigenvalue weighted by Crippen LogP contribution is -2.29. The number of rotatable bonds is 5. The van der Waals surface area contributed by atoms with E-state index in [4.69, 9.17) is 0 Å². The highest BCUT2D eigenvalue weighted by atomic mass is 32.2. The molecule has 0 spiro atoms. The second-order valence-electron chi connectivity index (χ2n) is 7.25. The molecule has 5 heteroatoms. The summed E-state index contributed by atoms with van der Waals surface area (Å²) in [4.78, 5) is 16.1. The number of amides is 1. The Morgan fingerprint density at radius 2 is 1.76 bits per heavy atom. The van der Waals surface area contributed by atoms with E-state index in [1.54, 1.807) is 11.8 Å². The highest BCUT2D eigenvalue weighted by Crippen LogP contribution is 2.36. The Morgan fingerprint density at radius 1 is 1.03 bits per heavy atom. The summed E-state index contributed by atoms with van der Waals surface area (Å²) in [5.74, 6) is 0.689. The first-order chi connectivity index (χ1) is 14.1. The summed E-state index contributed by atoms with van der Waals surface area (Å²) >= 11 is 1.80. The molecular weight excluding hydrogens is 383 g/mol. The zero-order chi connectivity index (χ0) is 20.2. The molecular formula is C24H23FN2OS. The molecule has 4 rings (SSSR count). The monoisotopic (exact) mass is 406 g/mol. The number of hydrogen-bond donors (Lipinski definition) is 1. The fraction of sp³-hybridized carbons (Fsp3) is 0.208. The number of carbonyl (C=O) groups excluding carboxylic acids is 1. The van der Waals surface area contributed by atoms with E-state index in [1.807, 2.05) is 61.5 Å². The summed E-state index contributed by atoms with van der Waals surface area (Å²) in [5.41, 5.74) is 5.05. The van der Waals surface area contributed by atoms with Crippen LogP contribution in [0.25, 0.3) is 0 Å². The molecule has 1 amide bonds. The summed E-state index contributed by atoms with van der Waals surface area (Å²) in [6.45, 7) is 4.14. The smallest absolute Gasteiger partial charge is 0.251 e. The molecule has 3 nitrogen and oxygen atoms in total. The van der Waals surface area contributed by atoms with Crippen molar-refractivity contribution in [2.24, 2.45) is 0 Å². The molecule has 0 fully saturated rings. The van der Waals surface area contributed by atoms with Crippen LogP contribution in [0.15, 0.2) is 71.6 Å². The molecule has 148 valence electrons. The zero-order valence-corrected chi connectivity index (χ0v) is 17.1. The van der Waals surface area contributed by atoms with Crippen LogP contribution in [-0.4, -0.2) is 18.2 Å². The second-order valence-corrected chi connectivity index (χ2v) is 8.38. The largest absolute Gasteiger partial charge is 0.365 e. The Labute approximate surface area is 174 Å². The number of halogens is 1. The van der Waals surface area contributed by atoms with E-state index >= 15 is 0 Å². The maximum atomic E-state index is 13.2. The number of aryl methyl sites for hydroxylation is 1. The molecule has 29 heavy (non-hydrogen) atoms. The van der Waals surface area contributed by atoms with Gasteiger partial charge in [0.1, 0.15) is 5.82 Å². The van der Waals surface area contributed by atoms with Crippen LogP contribution in [0.5, 0.6) is 0 Å². The number of hydrogen-bond acceptors (Lipinski definition) is 3. The van der Waals surface area contributed by atoms with Crippen LogP contribution in [0.2, 0.25) is 0 Å². The molecule has 0 bridgehead atoms. The van der Waals surface area contributed by atoms with Crippen LogP contribution in [-0.2, 0) is 13.1 Å². The molecule has 0 aromatic heterocycles. The van der Waals surface area contributed by atoms with Gasteiger partial charge in [0.15, 0.2) is 0 Å². The number of carbonyl (C=O) groups is 1. The van der Waals surface area contributed by atoms with Gasteiger partial charge in [-0.05, 0) is 48.4 Å². The molecule has 1 aliphatic rings. The van der Waals surface area contributed by atoms with Gasteiger partial charge in [-0.25, -0.2) is 4.39 Å². The fourth-order valence-electron chi connectivity index (χ4n) is 3.38. The van der Waals surface area contributed by atoms with Crippen LogP contribution in [0, 0.1) is 12.7 Å². The van der Waals surface area contributed by atoms with Crippen molar-refractivity contribution in [1.82, 2.24) is 5.32 Å². The highest BCUT2D eigenvalue weighted by Gasteiger charge is 2.19. The molecule has 0 saturated carbocycles. The van der Waals surface area contributed by atoms with E-state index in [2.05, 4.69) is 10.2 Å². The Balaban J connectivity index is 1.49. The number of nitrogens with zero attached hydrogens (tertiary/aromatic N) is 1. The van der Waals surface area contributed by atoms with Crippen molar-refractivity contribution in [3.05, 3.63) is 94.8 Å². The second kappa shape index (κ2) is 8.70. The first kappa shape index (κ1) is 19.5. The Morgan fingerprint density at radius 3 is 2.52 bits per heavy atom. The Hall–Kier alpha value is -2.79. The fourth-order valence-corrected chi connectivity index (χ4v) is 4.41. The van der Waals surface area contributed by atoms with Crippen molar-refractivity contribution < 1.29 is 9.18 Å². The molecule has 0 atom stereocenters. The van der Waals surface area contributed by atoms with Gasteiger partial charge in [-0.3, -0.25) is 4.79 Å². The van der Waals surface area contributed by atoms with Gasteiger partial charge in [-0.15, -0.1) is 11.8 Å². The quantitative estimate of drug-likeness (QED) is 0.634. The average molecular weight is 407 g/mol. The molecule has 1 aliphatic heterocycles. The first-order valence-corrected chi connectivity index (χ1v) is 10.7. The molecule has 1 heterocycles. The average Bonchev–Trinajstić information content (AvgIpc) is 2.74. The molecule has 0 unspecified atom stereocenters. The number of benzene rings is 3. The SMILES string of the molecule is Cc1ccc(CNC(=O)c2ccc3c(c2)N(Cc2ccc(F)cc2)CCS3)cc1. The Kier molecular flexibility index (Phi) is 5.86. The third-order valence-corrected chi connectivity index (χ3v) is 6.08. The van der Waals surface area contributed by atoms with Gasteiger partial charge in [0, 0.05) is 35.8 Å². The standard InChI is InChI=1S/C24H23FN2OS/c1-17-2-4-18(5-3-17)15-26-24(28)20-8-11-23-22(14-20)27(12-13-29-23)16-19-6-9-21(25)10-7-19/h2-11,14H,12-13,15-16H2,1H3,(H,26,28). The van der Waals surface area contributed by atoms with Gasteiger partial charge < -0.3 is 10.2 Å². The van der Waals surface area contributed by atoms with Crippen LogP contribution >= 0.6 is 11.8 Å². The third-order valence-electron chi connectivity index (χ3n) is 5.04. The van der Waals surface area contributed by atoms with E-state index in [0.717, 1.165) is 29.1 Å². The number of anilines is 1. The van der Waals surface area contributed by atoms with E-state index < -0.39 is 0 Å². The lowest BCUT2D eigenvalue weighted by atomic mass is 10.1. The summed E-state index contributed by atoms with van der Waals surface area (Å²) < 4.78 is 13.2. The summed E-state index contributed by atoms with van der Waals surface area (Å²) in [5, 5.41) is 3.01. The topological polar surface area (TPSA) is 32.3 Å². The summed E-state index contributed by atoms with van der Waals surface area (Å²) in [6, 6.07) is 20.6. The third kappa shape index (κ3) is 4.80. The minimum Gasteiger partial charge on any atom is -0.365 e. The predicted octanol–water partition coefficient (Wildman–Crippen LogP) is 5.18. The maximum Gasteiger partial charge on any atom is 0.251 e. The van der Waals surface area contributed by atoms with E-state index in [9.17, 15) is 9.18 Å². The maximum absolute atomic E-state index is 13.2. The lowest BCUT2D eigenvalue weighted by Gasteiger charge is -2.31. The number of thioether (sulfide) groups is 1. The minimum atomic E-state index is -0.226. The zero-order valence-electron chi connectivity index (χ0n) is 16.3. The van der Waals surface area contributed by atoms with Crippen molar-refractivity contribution in [2.45, 2.75) is 24.9 Å². The van der Waals surface area contributed by atoms with E-state index in [1.165, 1.54) is 22.6 Å². The van der Waals surface area contributed by atoms with Gasteiger partial charge in [-0.1, -0.05) is 42.0 Å². The summed E-state index contributed by atoms with van der Waals surface area (Å²) in [6.07, 6.45) is 0. The number of nitrogens with one attached hydrogen (secondary N) is 1. The normalized spacial score (nSPS) is 13.1. The van der Waals surface area contributed by atoms with E-state index in [0.29, 0.717) is 18.7 Å². The van der Waals surface area contributed by atoms with Gasteiger partial charge in [0.25, 0.3) is 5.91 Å². The van der Waals surface area contributed by atoms with E-state index in [-0.39, 0.29) is 11.7 Å². The van der Waals surface area contributed by atoms with Crippen molar-refractivity contribution >= 4 is 23.4 Å². The van der Waals surface area contributed by atoms with Gasteiger partial charge in [0.05, 0.1) is 5.69 Å². The molecule has 3 aromatic carbocycles. The predicted molar refractivity (Wildman–Crippen MR) is 117 cm³/mol. The van der Waals surface area contributed by atoms with Gasteiger partial charge >= 0.3 is 0 Å². The lowest BCUT2D eigenvalue weighted by molar-refractivity contribution is 0.0951. The van der Waals surface area contributed by atoms with Gasteiger partial charge in [-0.2, -0.15) is 0 Å². The molecule has 0 aliphatic carbocycles. The van der Waals surface area contributed by atoms with Crippen LogP contribution < -0.4 is 10.2 Å². The van der Waals surface area contributed by atoms with Crippen molar-refractivity contribution in [2.75, 3.05) is 17.2 Å². The van der Waals surface area contributed by atoms with Crippen LogP contribution in [0.1, 0.15) is 27.0 Å². The van der Waals surface area contributed by atoms with Crippen molar-refractivity contribution in [3.63, 3.8) is 0 Å². The van der Waals surface area contributed by atoms with Crippen LogP contribution in [0.4, 0.5) is 10.1 Å². The minimum absolute atomic E-state index is 0.0781. The molecule has 0 saturated heterocycles.